The Morgan fingerprint density at radius 3 is 2.50 bits per heavy atom. The lowest BCUT2D eigenvalue weighted by molar-refractivity contribution is -0.387. The second-order valence-electron chi connectivity index (χ2n) is 6.50. The van der Waals surface area contributed by atoms with Crippen molar-refractivity contribution >= 4 is 29.0 Å². The minimum absolute atomic E-state index is 0.157. The van der Waals surface area contributed by atoms with Gasteiger partial charge in [0.05, 0.1) is 9.82 Å². The zero-order valence-electron chi connectivity index (χ0n) is 15.6. The molecule has 0 unspecified atom stereocenters. The van der Waals surface area contributed by atoms with Crippen LogP contribution in [0, 0.1) is 10.1 Å². The van der Waals surface area contributed by atoms with Crippen molar-refractivity contribution in [2.75, 3.05) is 5.32 Å². The van der Waals surface area contributed by atoms with Gasteiger partial charge in [0.15, 0.2) is 5.16 Å². The standard InChI is InChI=1S/C19H19N5O3S/c1-12(2)13-4-7-15(8-5-13)21-18(25)14-6-9-17(16(10-14)24(26)27)28-19-22-20-11-23(19)3/h4-12H,1-3H3,(H,21,25). The highest BCUT2D eigenvalue weighted by Gasteiger charge is 2.20. The molecule has 0 spiro atoms. The number of amides is 1. The van der Waals surface area contributed by atoms with Crippen molar-refractivity contribution in [3.05, 3.63) is 70.0 Å². The van der Waals surface area contributed by atoms with E-state index in [1.807, 2.05) is 24.3 Å². The second-order valence-corrected chi connectivity index (χ2v) is 7.51. The highest BCUT2D eigenvalue weighted by atomic mass is 32.2. The van der Waals surface area contributed by atoms with Crippen molar-refractivity contribution in [1.82, 2.24) is 14.8 Å². The number of nitrogens with one attached hydrogen (secondary N) is 1. The molecular formula is C19H19N5O3S. The van der Waals surface area contributed by atoms with E-state index in [0.717, 1.165) is 11.8 Å². The number of anilines is 1. The largest absolute Gasteiger partial charge is 0.322 e. The van der Waals surface area contributed by atoms with Crippen molar-refractivity contribution in [1.29, 1.82) is 0 Å². The van der Waals surface area contributed by atoms with Gasteiger partial charge in [-0.05, 0) is 47.5 Å². The lowest BCUT2D eigenvalue weighted by Gasteiger charge is -2.09. The number of nitro groups is 1. The number of carbonyl (C=O) groups is 1. The number of hydrogen-bond acceptors (Lipinski definition) is 6. The maximum atomic E-state index is 12.5. The van der Waals surface area contributed by atoms with E-state index in [9.17, 15) is 14.9 Å². The molecule has 9 heteroatoms. The first kappa shape index (κ1) is 19.6. The molecule has 0 radical (unpaired) electrons. The van der Waals surface area contributed by atoms with Crippen LogP contribution in [0.4, 0.5) is 11.4 Å². The molecule has 0 aliphatic carbocycles. The van der Waals surface area contributed by atoms with Gasteiger partial charge in [-0.1, -0.05) is 26.0 Å². The fourth-order valence-corrected chi connectivity index (χ4v) is 3.36. The van der Waals surface area contributed by atoms with Crippen molar-refractivity contribution in [3.63, 3.8) is 0 Å². The minimum Gasteiger partial charge on any atom is -0.322 e. The van der Waals surface area contributed by atoms with E-state index in [1.165, 1.54) is 18.0 Å². The molecule has 0 aliphatic heterocycles. The molecule has 3 aromatic rings. The van der Waals surface area contributed by atoms with Gasteiger partial charge in [-0.3, -0.25) is 14.9 Å². The summed E-state index contributed by atoms with van der Waals surface area (Å²) < 4.78 is 1.66. The lowest BCUT2D eigenvalue weighted by Crippen LogP contribution is -2.12. The van der Waals surface area contributed by atoms with Crippen molar-refractivity contribution in [2.45, 2.75) is 29.8 Å². The van der Waals surface area contributed by atoms with Crippen LogP contribution in [-0.4, -0.2) is 25.6 Å². The summed E-state index contributed by atoms with van der Waals surface area (Å²) in [5, 5.41) is 22.5. The normalized spacial score (nSPS) is 10.9. The monoisotopic (exact) mass is 397 g/mol. The van der Waals surface area contributed by atoms with Gasteiger partial charge in [0, 0.05) is 24.4 Å². The molecular weight excluding hydrogens is 378 g/mol. The Morgan fingerprint density at radius 2 is 1.93 bits per heavy atom. The van der Waals surface area contributed by atoms with E-state index in [2.05, 4.69) is 29.4 Å². The Hall–Kier alpha value is -3.20. The molecule has 1 amide bonds. The van der Waals surface area contributed by atoms with E-state index < -0.39 is 10.8 Å². The summed E-state index contributed by atoms with van der Waals surface area (Å²) in [6.45, 7) is 4.18. The van der Waals surface area contributed by atoms with Crippen LogP contribution in [0.1, 0.15) is 35.7 Å². The summed E-state index contributed by atoms with van der Waals surface area (Å²) in [7, 11) is 1.75. The lowest BCUT2D eigenvalue weighted by atomic mass is 10.0. The van der Waals surface area contributed by atoms with E-state index in [0.29, 0.717) is 21.7 Å². The molecule has 1 N–H and O–H groups in total. The molecule has 1 heterocycles. The molecule has 0 saturated carbocycles. The SMILES string of the molecule is CC(C)c1ccc(NC(=O)c2ccc(Sc3nncn3C)c([N+](=O)[O-])c2)cc1. The van der Waals surface area contributed by atoms with Gasteiger partial charge >= 0.3 is 0 Å². The van der Waals surface area contributed by atoms with Gasteiger partial charge in [-0.25, -0.2) is 0 Å². The van der Waals surface area contributed by atoms with Crippen molar-refractivity contribution < 1.29 is 9.72 Å². The van der Waals surface area contributed by atoms with Crippen LogP contribution in [0.25, 0.3) is 0 Å². The zero-order chi connectivity index (χ0) is 20.3. The Morgan fingerprint density at radius 1 is 1.21 bits per heavy atom. The number of nitro benzene ring substituents is 1. The quantitative estimate of drug-likeness (QED) is 0.493. The number of benzene rings is 2. The molecule has 0 bridgehead atoms. The molecule has 3 rings (SSSR count). The zero-order valence-corrected chi connectivity index (χ0v) is 16.4. The van der Waals surface area contributed by atoms with Crippen LogP contribution in [0.5, 0.6) is 0 Å². The van der Waals surface area contributed by atoms with Gasteiger partial charge in [-0.15, -0.1) is 10.2 Å². The average molecular weight is 397 g/mol. The molecule has 0 saturated heterocycles. The molecule has 0 atom stereocenters. The van der Waals surface area contributed by atoms with E-state index >= 15 is 0 Å². The molecule has 8 nitrogen and oxygen atoms in total. The third-order valence-corrected chi connectivity index (χ3v) is 5.24. The molecule has 0 fully saturated rings. The van der Waals surface area contributed by atoms with Gasteiger partial charge in [0.25, 0.3) is 11.6 Å². The van der Waals surface area contributed by atoms with E-state index in [1.54, 1.807) is 23.7 Å². The highest BCUT2D eigenvalue weighted by molar-refractivity contribution is 7.99. The van der Waals surface area contributed by atoms with E-state index in [4.69, 9.17) is 0 Å². The number of aromatic nitrogens is 3. The number of nitrogens with zero attached hydrogens (tertiary/aromatic N) is 4. The smallest absolute Gasteiger partial charge is 0.284 e. The first-order chi connectivity index (χ1) is 13.3. The van der Waals surface area contributed by atoms with Gasteiger partial charge in [0.2, 0.25) is 0 Å². The third kappa shape index (κ3) is 4.37. The summed E-state index contributed by atoms with van der Waals surface area (Å²) in [6, 6.07) is 11.9. The fraction of sp³-hybridized carbons (Fsp3) is 0.211. The molecule has 28 heavy (non-hydrogen) atoms. The van der Waals surface area contributed by atoms with Gasteiger partial charge in [0.1, 0.15) is 6.33 Å². The summed E-state index contributed by atoms with van der Waals surface area (Å²) >= 11 is 1.12. The first-order valence-electron chi connectivity index (χ1n) is 8.56. The van der Waals surface area contributed by atoms with E-state index in [-0.39, 0.29) is 11.3 Å². The number of rotatable bonds is 6. The van der Waals surface area contributed by atoms with Gasteiger partial charge in [-0.2, -0.15) is 0 Å². The maximum Gasteiger partial charge on any atom is 0.284 e. The Kier molecular flexibility index (Phi) is 5.74. The maximum absolute atomic E-state index is 12.5. The number of carbonyl (C=O) groups excluding carboxylic acids is 1. The van der Waals surface area contributed by atoms with Crippen LogP contribution in [0.3, 0.4) is 0 Å². The predicted molar refractivity (Wildman–Crippen MR) is 107 cm³/mol. The summed E-state index contributed by atoms with van der Waals surface area (Å²) in [6.07, 6.45) is 1.51. The summed E-state index contributed by atoms with van der Waals surface area (Å²) in [5.74, 6) is -0.0121. The van der Waals surface area contributed by atoms with Gasteiger partial charge < -0.3 is 9.88 Å². The molecule has 1 aromatic heterocycles. The molecule has 2 aromatic carbocycles. The minimum atomic E-state index is -0.507. The van der Waals surface area contributed by atoms with Crippen molar-refractivity contribution in [3.8, 4) is 0 Å². The average Bonchev–Trinajstić information content (AvgIpc) is 3.07. The van der Waals surface area contributed by atoms with Crippen LogP contribution in [-0.2, 0) is 7.05 Å². The second kappa shape index (κ2) is 8.22. The highest BCUT2D eigenvalue weighted by Crippen LogP contribution is 2.34. The third-order valence-electron chi connectivity index (χ3n) is 4.12. The van der Waals surface area contributed by atoms with Crippen LogP contribution >= 0.6 is 11.8 Å². The molecule has 0 aliphatic rings. The van der Waals surface area contributed by atoms with Crippen LogP contribution in [0.15, 0.2) is 58.8 Å². The number of aryl methyl sites for hydroxylation is 1. The molecule has 144 valence electrons. The summed E-state index contributed by atoms with van der Waals surface area (Å²) in [5.41, 5.74) is 1.85. The Balaban J connectivity index is 1.81. The van der Waals surface area contributed by atoms with Crippen molar-refractivity contribution in [2.24, 2.45) is 7.05 Å². The van der Waals surface area contributed by atoms with Crippen LogP contribution < -0.4 is 5.32 Å². The Bertz CT molecular complexity index is 1010. The topological polar surface area (TPSA) is 103 Å². The predicted octanol–water partition coefficient (Wildman–Crippen LogP) is 4.25. The Labute approximate surface area is 166 Å². The summed E-state index contributed by atoms with van der Waals surface area (Å²) in [4.78, 5) is 23.9. The van der Waals surface area contributed by atoms with Crippen LogP contribution in [0.2, 0.25) is 0 Å². The first-order valence-corrected chi connectivity index (χ1v) is 9.38. The number of hydrogen-bond donors (Lipinski definition) is 1. The fourth-order valence-electron chi connectivity index (χ4n) is 2.51.